The van der Waals surface area contributed by atoms with Gasteiger partial charge in [0.15, 0.2) is 0 Å². The molecule has 76 valence electrons. The highest BCUT2D eigenvalue weighted by Crippen LogP contribution is 2.36. The van der Waals surface area contributed by atoms with Crippen molar-refractivity contribution in [2.45, 2.75) is 38.9 Å². The average Bonchev–Trinajstić information content (AvgIpc) is 2.04. The Morgan fingerprint density at radius 2 is 2.07 bits per heavy atom. The van der Waals surface area contributed by atoms with E-state index in [0.717, 1.165) is 17.7 Å². The van der Waals surface area contributed by atoms with Crippen molar-refractivity contribution >= 4 is 0 Å². The Kier molecular flexibility index (Phi) is 2.04. The zero-order chi connectivity index (χ0) is 10.3. The summed E-state index contributed by atoms with van der Waals surface area (Å²) in [5, 5.41) is 9.47. The quantitative estimate of drug-likeness (QED) is 0.740. The molecule has 1 aliphatic carbocycles. The first kappa shape index (κ1) is 9.53. The first-order valence-electron chi connectivity index (χ1n) is 4.95. The number of rotatable bonds is 1. The Hall–Kier alpha value is -1.02. The van der Waals surface area contributed by atoms with Crippen LogP contribution in [0.2, 0.25) is 0 Å². The van der Waals surface area contributed by atoms with Crippen LogP contribution in [0.5, 0.6) is 5.75 Å². The Balaban J connectivity index is 2.21. The van der Waals surface area contributed by atoms with E-state index < -0.39 is 0 Å². The summed E-state index contributed by atoms with van der Waals surface area (Å²) >= 11 is 0. The van der Waals surface area contributed by atoms with E-state index in [4.69, 9.17) is 4.74 Å². The van der Waals surface area contributed by atoms with Gasteiger partial charge in [-0.25, -0.2) is 0 Å². The van der Waals surface area contributed by atoms with Crippen LogP contribution in [0.15, 0.2) is 18.2 Å². The molecule has 0 amide bonds. The third-order valence-electron chi connectivity index (χ3n) is 2.31. The number of aliphatic hydroxyl groups excluding tert-OH is 1. The van der Waals surface area contributed by atoms with Crippen LogP contribution in [0, 0.1) is 0 Å². The highest BCUT2D eigenvalue weighted by Gasteiger charge is 2.24. The molecule has 0 saturated carbocycles. The highest BCUT2D eigenvalue weighted by atomic mass is 16.5. The van der Waals surface area contributed by atoms with E-state index in [2.05, 4.69) is 0 Å². The van der Waals surface area contributed by atoms with Crippen LogP contribution >= 0.6 is 0 Å². The zero-order valence-electron chi connectivity index (χ0n) is 8.87. The molecular formula is C12H16O2. The maximum atomic E-state index is 9.47. The summed E-state index contributed by atoms with van der Waals surface area (Å²) in [6.45, 7) is 6.05. The highest BCUT2D eigenvalue weighted by molar-refractivity contribution is 5.43. The molecule has 0 radical (unpaired) electrons. The van der Waals surface area contributed by atoms with E-state index in [0.29, 0.717) is 0 Å². The van der Waals surface area contributed by atoms with Crippen LogP contribution < -0.4 is 4.74 Å². The van der Waals surface area contributed by atoms with Gasteiger partial charge >= 0.3 is 0 Å². The predicted octanol–water partition coefficient (Wildman–Crippen LogP) is 2.45. The topological polar surface area (TPSA) is 29.5 Å². The van der Waals surface area contributed by atoms with Crippen LogP contribution in [0.25, 0.3) is 0 Å². The molecule has 2 nitrogen and oxygen atoms in total. The summed E-state index contributed by atoms with van der Waals surface area (Å²) in [7, 11) is 0. The van der Waals surface area contributed by atoms with E-state index in [1.54, 1.807) is 0 Å². The molecule has 14 heavy (non-hydrogen) atoms. The number of hydrogen-bond donors (Lipinski definition) is 1. The lowest BCUT2D eigenvalue weighted by atomic mass is 9.85. The molecule has 0 heterocycles. The van der Waals surface area contributed by atoms with Crippen molar-refractivity contribution in [2.24, 2.45) is 0 Å². The molecule has 1 aromatic rings. The maximum absolute atomic E-state index is 9.47. The fraction of sp³-hybridized carbons (Fsp3) is 0.500. The minimum Gasteiger partial charge on any atom is -0.488 e. The van der Waals surface area contributed by atoms with Crippen LogP contribution in [0.3, 0.4) is 0 Å². The first-order chi connectivity index (χ1) is 6.46. The summed E-state index contributed by atoms with van der Waals surface area (Å²) in [6.07, 6.45) is 0.499. The fourth-order valence-electron chi connectivity index (χ4n) is 1.67. The number of ether oxygens (including phenoxy) is 1. The van der Waals surface area contributed by atoms with Gasteiger partial charge in [-0.2, -0.15) is 0 Å². The molecule has 0 bridgehead atoms. The first-order valence-corrected chi connectivity index (χ1v) is 4.95. The summed E-state index contributed by atoms with van der Waals surface area (Å²) in [5.74, 6) is 0.843. The SMILES string of the molecule is CC(C)(C)Oc1ccc2c(c1)C(O)C2. The zero-order valence-corrected chi connectivity index (χ0v) is 8.87. The fourth-order valence-corrected chi connectivity index (χ4v) is 1.67. The molecule has 0 aromatic heterocycles. The van der Waals surface area contributed by atoms with Crippen LogP contribution in [-0.4, -0.2) is 10.7 Å². The van der Waals surface area contributed by atoms with Gasteiger partial charge in [0.05, 0.1) is 6.10 Å². The van der Waals surface area contributed by atoms with Gasteiger partial charge in [-0.3, -0.25) is 0 Å². The number of aliphatic hydroxyl groups is 1. The summed E-state index contributed by atoms with van der Waals surface area (Å²) in [4.78, 5) is 0. The lowest BCUT2D eigenvalue weighted by molar-refractivity contribution is 0.126. The summed E-state index contributed by atoms with van der Waals surface area (Å²) in [5.41, 5.74) is 2.08. The minimum absolute atomic E-state index is 0.178. The lowest BCUT2D eigenvalue weighted by Gasteiger charge is -2.28. The van der Waals surface area contributed by atoms with Gasteiger partial charge in [-0.05, 0) is 44.0 Å². The van der Waals surface area contributed by atoms with Crippen molar-refractivity contribution in [2.75, 3.05) is 0 Å². The minimum atomic E-state index is -0.284. The Morgan fingerprint density at radius 3 is 2.64 bits per heavy atom. The largest absolute Gasteiger partial charge is 0.488 e. The molecule has 0 spiro atoms. The van der Waals surface area contributed by atoms with Crippen molar-refractivity contribution in [1.82, 2.24) is 0 Å². The molecule has 1 atom stereocenters. The van der Waals surface area contributed by atoms with Gasteiger partial charge in [0, 0.05) is 6.42 Å². The second-order valence-electron chi connectivity index (χ2n) is 4.79. The van der Waals surface area contributed by atoms with Crippen molar-refractivity contribution in [1.29, 1.82) is 0 Å². The van der Waals surface area contributed by atoms with Gasteiger partial charge in [0.2, 0.25) is 0 Å². The smallest absolute Gasteiger partial charge is 0.120 e. The molecule has 0 fully saturated rings. The normalized spacial score (nSPS) is 19.9. The molecule has 2 heteroatoms. The van der Waals surface area contributed by atoms with Gasteiger partial charge in [0.1, 0.15) is 11.4 Å². The van der Waals surface area contributed by atoms with E-state index in [-0.39, 0.29) is 11.7 Å². The van der Waals surface area contributed by atoms with Gasteiger partial charge < -0.3 is 9.84 Å². The average molecular weight is 192 g/mol. The van der Waals surface area contributed by atoms with Crippen LogP contribution in [-0.2, 0) is 6.42 Å². The number of hydrogen-bond acceptors (Lipinski definition) is 2. The third kappa shape index (κ3) is 1.75. The monoisotopic (exact) mass is 192 g/mol. The molecule has 0 saturated heterocycles. The molecule has 1 N–H and O–H groups in total. The Bertz CT molecular complexity index is 350. The van der Waals surface area contributed by atoms with Crippen LogP contribution in [0.1, 0.15) is 38.0 Å². The van der Waals surface area contributed by atoms with Crippen molar-refractivity contribution in [3.63, 3.8) is 0 Å². The van der Waals surface area contributed by atoms with Gasteiger partial charge in [-0.15, -0.1) is 0 Å². The summed E-state index contributed by atoms with van der Waals surface area (Å²) in [6, 6.07) is 5.94. The Labute approximate surface area is 84.5 Å². The molecular weight excluding hydrogens is 176 g/mol. The number of benzene rings is 1. The van der Waals surface area contributed by atoms with Crippen molar-refractivity contribution in [3.05, 3.63) is 29.3 Å². The second-order valence-corrected chi connectivity index (χ2v) is 4.79. The van der Waals surface area contributed by atoms with E-state index in [9.17, 15) is 5.11 Å². The molecule has 1 aromatic carbocycles. The second kappa shape index (κ2) is 2.99. The van der Waals surface area contributed by atoms with E-state index in [1.807, 2.05) is 39.0 Å². The maximum Gasteiger partial charge on any atom is 0.120 e. The van der Waals surface area contributed by atoms with Crippen molar-refractivity contribution in [3.8, 4) is 5.75 Å². The number of fused-ring (bicyclic) bond motifs is 1. The molecule has 0 aliphatic heterocycles. The Morgan fingerprint density at radius 1 is 1.36 bits per heavy atom. The lowest BCUT2D eigenvalue weighted by Crippen LogP contribution is -2.24. The molecule has 1 aliphatic rings. The van der Waals surface area contributed by atoms with E-state index >= 15 is 0 Å². The van der Waals surface area contributed by atoms with Gasteiger partial charge in [-0.1, -0.05) is 6.07 Å². The van der Waals surface area contributed by atoms with Crippen molar-refractivity contribution < 1.29 is 9.84 Å². The molecule has 2 rings (SSSR count). The predicted molar refractivity (Wildman–Crippen MR) is 55.5 cm³/mol. The van der Waals surface area contributed by atoms with Crippen LogP contribution in [0.4, 0.5) is 0 Å². The summed E-state index contributed by atoms with van der Waals surface area (Å²) < 4.78 is 5.71. The standard InChI is InChI=1S/C12H16O2/c1-12(2,3)14-9-5-4-8-6-11(13)10(8)7-9/h4-5,7,11,13H,6H2,1-3H3. The third-order valence-corrected chi connectivity index (χ3v) is 2.31. The van der Waals surface area contributed by atoms with E-state index in [1.165, 1.54) is 5.56 Å². The molecule has 1 unspecified atom stereocenters. The van der Waals surface area contributed by atoms with Gasteiger partial charge in [0.25, 0.3) is 0 Å².